The first kappa shape index (κ1) is 14.1. The van der Waals surface area contributed by atoms with E-state index in [0.717, 1.165) is 64.7 Å². The van der Waals surface area contributed by atoms with Gasteiger partial charge >= 0.3 is 6.03 Å². The number of amides is 2. The zero-order valence-electron chi connectivity index (χ0n) is 12.1. The lowest BCUT2D eigenvalue weighted by Crippen LogP contribution is -2.48. The Morgan fingerprint density at radius 3 is 2.50 bits per heavy atom. The first-order valence-electron chi connectivity index (χ1n) is 8.05. The zero-order chi connectivity index (χ0) is 13.9. The third-order valence-corrected chi connectivity index (χ3v) is 4.75. The Labute approximate surface area is 120 Å². The van der Waals surface area contributed by atoms with Gasteiger partial charge in [0.25, 0.3) is 0 Å². The second kappa shape index (κ2) is 6.31. The molecular formula is C15H26N2O3. The van der Waals surface area contributed by atoms with Gasteiger partial charge in [0, 0.05) is 31.2 Å². The van der Waals surface area contributed by atoms with Crippen molar-refractivity contribution in [3.8, 4) is 0 Å². The summed E-state index contributed by atoms with van der Waals surface area (Å²) in [5.41, 5.74) is 0. The van der Waals surface area contributed by atoms with Gasteiger partial charge in [-0.3, -0.25) is 0 Å². The molecule has 20 heavy (non-hydrogen) atoms. The number of hydrogen-bond acceptors (Lipinski definition) is 3. The number of rotatable bonds is 4. The zero-order valence-corrected chi connectivity index (χ0v) is 12.1. The molecule has 2 N–H and O–H groups in total. The van der Waals surface area contributed by atoms with Crippen molar-refractivity contribution in [1.82, 2.24) is 10.2 Å². The Kier molecular flexibility index (Phi) is 4.46. The Hall–Kier alpha value is -0.810. The molecule has 0 aromatic heterocycles. The smallest absolute Gasteiger partial charge is 0.317 e. The predicted octanol–water partition coefficient (Wildman–Crippen LogP) is 1.50. The molecule has 3 rings (SSSR count). The number of carbonyl (C=O) groups excluding carboxylic acids is 1. The van der Waals surface area contributed by atoms with Crippen LogP contribution in [0.4, 0.5) is 4.79 Å². The van der Waals surface area contributed by atoms with Gasteiger partial charge in [-0.05, 0) is 44.9 Å². The summed E-state index contributed by atoms with van der Waals surface area (Å²) >= 11 is 0. The van der Waals surface area contributed by atoms with Crippen molar-refractivity contribution < 1.29 is 14.6 Å². The van der Waals surface area contributed by atoms with Crippen LogP contribution in [0.1, 0.15) is 44.9 Å². The molecular weight excluding hydrogens is 256 g/mol. The normalized spacial score (nSPS) is 34.0. The fraction of sp³-hybridized carbons (Fsp3) is 0.933. The molecule has 0 aromatic rings. The minimum Gasteiger partial charge on any atom is -0.393 e. The van der Waals surface area contributed by atoms with Crippen molar-refractivity contribution in [2.45, 2.75) is 63.1 Å². The molecule has 2 aliphatic carbocycles. The predicted molar refractivity (Wildman–Crippen MR) is 75.4 cm³/mol. The maximum Gasteiger partial charge on any atom is 0.317 e. The van der Waals surface area contributed by atoms with E-state index in [4.69, 9.17) is 4.74 Å². The third kappa shape index (κ3) is 3.64. The van der Waals surface area contributed by atoms with Crippen LogP contribution in [0.3, 0.4) is 0 Å². The molecule has 5 nitrogen and oxygen atoms in total. The monoisotopic (exact) mass is 282 g/mol. The summed E-state index contributed by atoms with van der Waals surface area (Å²) in [6.07, 6.45) is 6.62. The third-order valence-electron chi connectivity index (χ3n) is 4.75. The lowest BCUT2D eigenvalue weighted by molar-refractivity contribution is 0.113. The van der Waals surface area contributed by atoms with Crippen molar-refractivity contribution >= 4 is 6.03 Å². The molecule has 2 amide bonds. The molecule has 5 heteroatoms. The molecule has 3 fully saturated rings. The molecule has 1 unspecified atom stereocenters. The summed E-state index contributed by atoms with van der Waals surface area (Å²) in [7, 11) is 0. The Bertz CT molecular complexity index is 332. The molecule has 1 atom stereocenters. The van der Waals surface area contributed by atoms with Crippen LogP contribution in [-0.4, -0.2) is 54.0 Å². The van der Waals surface area contributed by atoms with Crippen LogP contribution in [0.2, 0.25) is 0 Å². The van der Waals surface area contributed by atoms with Gasteiger partial charge < -0.3 is 20.1 Å². The van der Waals surface area contributed by atoms with Gasteiger partial charge in [0.2, 0.25) is 0 Å². The highest BCUT2D eigenvalue weighted by molar-refractivity contribution is 5.75. The summed E-state index contributed by atoms with van der Waals surface area (Å²) < 4.78 is 5.41. The van der Waals surface area contributed by atoms with E-state index in [0.29, 0.717) is 12.0 Å². The summed E-state index contributed by atoms with van der Waals surface area (Å²) in [5, 5.41) is 12.7. The van der Waals surface area contributed by atoms with Crippen LogP contribution in [0.5, 0.6) is 0 Å². The molecule has 0 spiro atoms. The first-order chi connectivity index (χ1) is 9.72. The SMILES string of the molecule is O=C(NC1CCC(O)CC1)N(CC1CCOC1)C1CC1. The minimum absolute atomic E-state index is 0.0980. The van der Waals surface area contributed by atoms with Gasteiger partial charge in [-0.2, -0.15) is 0 Å². The van der Waals surface area contributed by atoms with E-state index < -0.39 is 0 Å². The van der Waals surface area contributed by atoms with E-state index >= 15 is 0 Å². The van der Waals surface area contributed by atoms with Crippen LogP contribution in [0.15, 0.2) is 0 Å². The van der Waals surface area contributed by atoms with Crippen molar-refractivity contribution in [2.24, 2.45) is 5.92 Å². The van der Waals surface area contributed by atoms with Crippen molar-refractivity contribution in [1.29, 1.82) is 0 Å². The maximum absolute atomic E-state index is 12.5. The van der Waals surface area contributed by atoms with Gasteiger partial charge in [0.1, 0.15) is 0 Å². The number of aliphatic hydroxyl groups excluding tert-OH is 1. The van der Waals surface area contributed by atoms with Gasteiger partial charge in [0.15, 0.2) is 0 Å². The number of urea groups is 1. The summed E-state index contributed by atoms with van der Waals surface area (Å²) in [4.78, 5) is 14.5. The average molecular weight is 282 g/mol. The number of hydrogen-bond donors (Lipinski definition) is 2. The van der Waals surface area contributed by atoms with Crippen LogP contribution in [0.25, 0.3) is 0 Å². The van der Waals surface area contributed by atoms with Gasteiger partial charge in [-0.25, -0.2) is 4.79 Å². The molecule has 0 radical (unpaired) electrons. The summed E-state index contributed by atoms with van der Waals surface area (Å²) in [6, 6.07) is 0.789. The number of carbonyl (C=O) groups is 1. The van der Waals surface area contributed by atoms with Crippen molar-refractivity contribution in [3.63, 3.8) is 0 Å². The highest BCUT2D eigenvalue weighted by atomic mass is 16.5. The number of ether oxygens (including phenoxy) is 1. The molecule has 1 aliphatic heterocycles. The van der Waals surface area contributed by atoms with E-state index in [-0.39, 0.29) is 18.2 Å². The molecule has 114 valence electrons. The van der Waals surface area contributed by atoms with E-state index in [1.807, 2.05) is 4.90 Å². The van der Waals surface area contributed by atoms with Gasteiger partial charge in [-0.15, -0.1) is 0 Å². The first-order valence-corrected chi connectivity index (χ1v) is 8.05. The van der Waals surface area contributed by atoms with Crippen LogP contribution in [-0.2, 0) is 4.74 Å². The van der Waals surface area contributed by atoms with Crippen molar-refractivity contribution in [3.05, 3.63) is 0 Å². The van der Waals surface area contributed by atoms with Crippen molar-refractivity contribution in [2.75, 3.05) is 19.8 Å². The molecule has 1 heterocycles. The minimum atomic E-state index is -0.168. The standard InChI is InChI=1S/C15H26N2O3/c18-14-5-1-12(2-6-14)16-15(19)17(13-3-4-13)9-11-7-8-20-10-11/h11-14,18H,1-10H2,(H,16,19). The number of nitrogens with zero attached hydrogens (tertiary/aromatic N) is 1. The largest absolute Gasteiger partial charge is 0.393 e. The molecule has 2 saturated carbocycles. The topological polar surface area (TPSA) is 61.8 Å². The second-order valence-electron chi connectivity index (χ2n) is 6.57. The lowest BCUT2D eigenvalue weighted by atomic mass is 9.93. The summed E-state index contributed by atoms with van der Waals surface area (Å²) in [5.74, 6) is 0.509. The molecule has 1 saturated heterocycles. The van der Waals surface area contributed by atoms with E-state index in [9.17, 15) is 9.90 Å². The highest BCUT2D eigenvalue weighted by Crippen LogP contribution is 2.29. The average Bonchev–Trinajstić information content (AvgIpc) is 3.15. The molecule has 0 bridgehead atoms. The molecule has 3 aliphatic rings. The second-order valence-corrected chi connectivity index (χ2v) is 6.57. The fourth-order valence-electron chi connectivity index (χ4n) is 3.27. The van der Waals surface area contributed by atoms with E-state index in [1.54, 1.807) is 0 Å². The highest BCUT2D eigenvalue weighted by Gasteiger charge is 2.35. The van der Waals surface area contributed by atoms with Gasteiger partial charge in [0.05, 0.1) is 12.7 Å². The summed E-state index contributed by atoms with van der Waals surface area (Å²) in [6.45, 7) is 2.48. The maximum atomic E-state index is 12.5. The lowest BCUT2D eigenvalue weighted by Gasteiger charge is -2.31. The fourth-order valence-corrected chi connectivity index (χ4v) is 3.27. The van der Waals surface area contributed by atoms with E-state index in [2.05, 4.69) is 5.32 Å². The van der Waals surface area contributed by atoms with Gasteiger partial charge in [-0.1, -0.05) is 0 Å². The molecule has 0 aromatic carbocycles. The number of nitrogens with one attached hydrogen (secondary N) is 1. The Balaban J connectivity index is 1.50. The number of aliphatic hydroxyl groups is 1. The Morgan fingerprint density at radius 2 is 1.90 bits per heavy atom. The van der Waals surface area contributed by atoms with Crippen LogP contribution in [0, 0.1) is 5.92 Å². The van der Waals surface area contributed by atoms with E-state index in [1.165, 1.54) is 0 Å². The Morgan fingerprint density at radius 1 is 1.15 bits per heavy atom. The van der Waals surface area contributed by atoms with Crippen LogP contribution < -0.4 is 5.32 Å². The quantitative estimate of drug-likeness (QED) is 0.821. The van der Waals surface area contributed by atoms with Crippen LogP contribution >= 0.6 is 0 Å².